The standard InChI is InChI=1S/C15H24N4/c1-11-3-5-13(6-4-11)19(2)10-12-7-8-18-14(9-12)15(16)17/h7-9,11,13H,3-6,10H2,1-2H3,(H3,16,17). The van der Waals surface area contributed by atoms with Crippen molar-refractivity contribution in [2.45, 2.75) is 45.2 Å². The first-order valence-corrected chi connectivity index (χ1v) is 7.06. The molecule has 104 valence electrons. The Morgan fingerprint density at radius 3 is 2.74 bits per heavy atom. The Bertz CT molecular complexity index is 436. The van der Waals surface area contributed by atoms with Gasteiger partial charge >= 0.3 is 0 Å². The summed E-state index contributed by atoms with van der Waals surface area (Å²) in [5, 5.41) is 7.43. The Labute approximate surface area is 115 Å². The second kappa shape index (κ2) is 6.15. The van der Waals surface area contributed by atoms with Gasteiger partial charge in [-0.2, -0.15) is 0 Å². The van der Waals surface area contributed by atoms with Crippen molar-refractivity contribution in [3.05, 3.63) is 29.6 Å². The molecule has 1 heterocycles. The number of nitrogen functional groups attached to an aromatic ring is 1. The zero-order valence-electron chi connectivity index (χ0n) is 11.9. The molecular weight excluding hydrogens is 236 g/mol. The molecule has 1 aliphatic rings. The third-order valence-corrected chi connectivity index (χ3v) is 4.14. The minimum absolute atomic E-state index is 0.0380. The monoisotopic (exact) mass is 260 g/mol. The number of hydrogen-bond donors (Lipinski definition) is 2. The van der Waals surface area contributed by atoms with Gasteiger partial charge in [-0.3, -0.25) is 15.3 Å². The maximum absolute atomic E-state index is 7.43. The number of amidine groups is 1. The fourth-order valence-electron chi connectivity index (χ4n) is 2.82. The number of nitrogens with zero attached hydrogens (tertiary/aromatic N) is 2. The second-order valence-corrected chi connectivity index (χ2v) is 5.79. The molecule has 0 radical (unpaired) electrons. The van der Waals surface area contributed by atoms with Crippen LogP contribution >= 0.6 is 0 Å². The van der Waals surface area contributed by atoms with Crippen molar-refractivity contribution in [1.82, 2.24) is 9.88 Å². The van der Waals surface area contributed by atoms with Gasteiger partial charge in [-0.25, -0.2) is 0 Å². The molecule has 1 saturated carbocycles. The molecule has 4 heteroatoms. The average Bonchev–Trinajstić information content (AvgIpc) is 2.39. The lowest BCUT2D eigenvalue weighted by Crippen LogP contribution is -2.34. The van der Waals surface area contributed by atoms with Crippen LogP contribution in [0.1, 0.15) is 43.9 Å². The average molecular weight is 260 g/mol. The van der Waals surface area contributed by atoms with Crippen molar-refractivity contribution < 1.29 is 0 Å². The molecule has 0 aliphatic heterocycles. The first-order valence-electron chi connectivity index (χ1n) is 7.06. The Hall–Kier alpha value is -1.42. The molecule has 2 rings (SSSR count). The van der Waals surface area contributed by atoms with Crippen LogP contribution in [0, 0.1) is 11.3 Å². The van der Waals surface area contributed by atoms with E-state index in [9.17, 15) is 0 Å². The molecule has 4 nitrogen and oxygen atoms in total. The zero-order valence-corrected chi connectivity index (χ0v) is 11.9. The summed E-state index contributed by atoms with van der Waals surface area (Å²) in [6, 6.07) is 4.61. The van der Waals surface area contributed by atoms with E-state index in [4.69, 9.17) is 11.1 Å². The molecule has 0 bridgehead atoms. The Morgan fingerprint density at radius 1 is 1.42 bits per heavy atom. The second-order valence-electron chi connectivity index (χ2n) is 5.79. The highest BCUT2D eigenvalue weighted by molar-refractivity contribution is 5.93. The summed E-state index contributed by atoms with van der Waals surface area (Å²) >= 11 is 0. The highest BCUT2D eigenvalue weighted by Crippen LogP contribution is 2.27. The van der Waals surface area contributed by atoms with E-state index in [1.165, 1.54) is 31.2 Å². The molecule has 1 aliphatic carbocycles. The van der Waals surface area contributed by atoms with Crippen LogP contribution in [0.2, 0.25) is 0 Å². The maximum Gasteiger partial charge on any atom is 0.141 e. The molecule has 3 N–H and O–H groups in total. The van der Waals surface area contributed by atoms with E-state index < -0.39 is 0 Å². The third-order valence-electron chi connectivity index (χ3n) is 4.14. The molecule has 0 aromatic carbocycles. The Kier molecular flexibility index (Phi) is 4.53. The van der Waals surface area contributed by atoms with E-state index in [1.54, 1.807) is 6.20 Å². The summed E-state index contributed by atoms with van der Waals surface area (Å²) in [5.41, 5.74) is 7.23. The van der Waals surface area contributed by atoms with Crippen molar-refractivity contribution in [3.63, 3.8) is 0 Å². The van der Waals surface area contributed by atoms with Crippen molar-refractivity contribution in [2.75, 3.05) is 7.05 Å². The van der Waals surface area contributed by atoms with Crippen LogP contribution in [0.5, 0.6) is 0 Å². The SMILES string of the molecule is CC1CCC(N(C)Cc2ccnc(C(=N)N)c2)CC1. The number of nitrogens with one attached hydrogen (secondary N) is 1. The fourth-order valence-corrected chi connectivity index (χ4v) is 2.82. The van der Waals surface area contributed by atoms with Gasteiger partial charge in [0, 0.05) is 18.8 Å². The minimum Gasteiger partial charge on any atom is -0.382 e. The van der Waals surface area contributed by atoms with Gasteiger partial charge in [0.1, 0.15) is 11.5 Å². The van der Waals surface area contributed by atoms with Crippen LogP contribution in [0.4, 0.5) is 0 Å². The summed E-state index contributed by atoms with van der Waals surface area (Å²) in [4.78, 5) is 6.52. The number of pyridine rings is 1. The van der Waals surface area contributed by atoms with Gasteiger partial charge in [0.15, 0.2) is 0 Å². The van der Waals surface area contributed by atoms with Gasteiger partial charge in [0.05, 0.1) is 0 Å². The van der Waals surface area contributed by atoms with E-state index >= 15 is 0 Å². The van der Waals surface area contributed by atoms with E-state index in [2.05, 4.69) is 23.9 Å². The normalized spacial score (nSPS) is 23.5. The number of hydrogen-bond acceptors (Lipinski definition) is 3. The van der Waals surface area contributed by atoms with Gasteiger partial charge in [-0.15, -0.1) is 0 Å². The fraction of sp³-hybridized carbons (Fsp3) is 0.600. The predicted octanol–water partition coefficient (Wildman–Crippen LogP) is 2.38. The summed E-state index contributed by atoms with van der Waals surface area (Å²) in [6.45, 7) is 3.25. The van der Waals surface area contributed by atoms with Crippen molar-refractivity contribution >= 4 is 5.84 Å². The topological polar surface area (TPSA) is 66.0 Å². The highest BCUT2D eigenvalue weighted by atomic mass is 15.1. The maximum atomic E-state index is 7.43. The molecule has 0 atom stereocenters. The Morgan fingerprint density at radius 2 is 2.11 bits per heavy atom. The molecule has 1 aromatic rings. The molecule has 0 spiro atoms. The Balaban J connectivity index is 1.96. The lowest BCUT2D eigenvalue weighted by molar-refractivity contribution is 0.164. The lowest BCUT2D eigenvalue weighted by Gasteiger charge is -2.33. The van der Waals surface area contributed by atoms with Crippen LogP contribution in [0.3, 0.4) is 0 Å². The highest BCUT2D eigenvalue weighted by Gasteiger charge is 2.21. The first kappa shape index (κ1) is 14.0. The van der Waals surface area contributed by atoms with Crippen molar-refractivity contribution in [3.8, 4) is 0 Å². The molecule has 1 aromatic heterocycles. The summed E-state index contributed by atoms with van der Waals surface area (Å²) in [7, 11) is 2.19. The predicted molar refractivity (Wildman–Crippen MR) is 78.1 cm³/mol. The summed E-state index contributed by atoms with van der Waals surface area (Å²) in [6.07, 6.45) is 7.00. The molecule has 0 amide bonds. The minimum atomic E-state index is 0.0380. The number of rotatable bonds is 4. The van der Waals surface area contributed by atoms with Gasteiger partial charge in [-0.05, 0) is 56.3 Å². The van der Waals surface area contributed by atoms with E-state index in [0.717, 1.165) is 12.5 Å². The molecular formula is C15H24N4. The summed E-state index contributed by atoms with van der Waals surface area (Å²) < 4.78 is 0. The lowest BCUT2D eigenvalue weighted by atomic mass is 9.86. The number of aromatic nitrogens is 1. The zero-order chi connectivity index (χ0) is 13.8. The van der Waals surface area contributed by atoms with Crippen molar-refractivity contribution in [1.29, 1.82) is 5.41 Å². The molecule has 0 saturated heterocycles. The van der Waals surface area contributed by atoms with Crippen LogP contribution in [0.15, 0.2) is 18.3 Å². The van der Waals surface area contributed by atoms with E-state index in [-0.39, 0.29) is 5.84 Å². The molecule has 19 heavy (non-hydrogen) atoms. The van der Waals surface area contributed by atoms with Crippen LogP contribution < -0.4 is 5.73 Å². The van der Waals surface area contributed by atoms with Gasteiger partial charge in [0.2, 0.25) is 0 Å². The van der Waals surface area contributed by atoms with E-state index in [0.29, 0.717) is 11.7 Å². The molecule has 0 unspecified atom stereocenters. The van der Waals surface area contributed by atoms with Crippen molar-refractivity contribution in [2.24, 2.45) is 11.7 Å². The van der Waals surface area contributed by atoms with Gasteiger partial charge in [0.25, 0.3) is 0 Å². The quantitative estimate of drug-likeness (QED) is 0.645. The van der Waals surface area contributed by atoms with Gasteiger partial charge < -0.3 is 5.73 Å². The smallest absolute Gasteiger partial charge is 0.141 e. The van der Waals surface area contributed by atoms with Crippen LogP contribution in [0.25, 0.3) is 0 Å². The largest absolute Gasteiger partial charge is 0.382 e. The van der Waals surface area contributed by atoms with Crippen LogP contribution in [-0.2, 0) is 6.54 Å². The number of nitrogens with two attached hydrogens (primary N) is 1. The van der Waals surface area contributed by atoms with Gasteiger partial charge in [-0.1, -0.05) is 6.92 Å². The first-order chi connectivity index (χ1) is 9.06. The third kappa shape index (κ3) is 3.77. The van der Waals surface area contributed by atoms with Crippen LogP contribution in [-0.4, -0.2) is 28.8 Å². The summed E-state index contributed by atoms with van der Waals surface area (Å²) in [5.74, 6) is 0.922. The van der Waals surface area contributed by atoms with E-state index in [1.807, 2.05) is 12.1 Å². The molecule has 1 fully saturated rings.